The zero-order chi connectivity index (χ0) is 13.0. The van der Waals surface area contributed by atoms with Gasteiger partial charge in [0.25, 0.3) is 0 Å². The monoisotopic (exact) mass is 248 g/mol. The lowest BCUT2D eigenvalue weighted by Crippen LogP contribution is -2.28. The highest BCUT2D eigenvalue weighted by molar-refractivity contribution is 5.93. The van der Waals surface area contributed by atoms with Crippen LogP contribution in [-0.2, 0) is 4.79 Å². The fourth-order valence-corrected chi connectivity index (χ4v) is 1.99. The highest BCUT2D eigenvalue weighted by Gasteiger charge is 2.24. The molecule has 0 unspecified atom stereocenters. The number of aliphatic hydroxyl groups excluding tert-OH is 1. The van der Waals surface area contributed by atoms with Crippen LogP contribution in [-0.4, -0.2) is 31.2 Å². The van der Waals surface area contributed by atoms with Gasteiger partial charge < -0.3 is 15.3 Å². The Labute approximate surface area is 108 Å². The molecule has 18 heavy (non-hydrogen) atoms. The van der Waals surface area contributed by atoms with Gasteiger partial charge in [0.1, 0.15) is 0 Å². The lowest BCUT2D eigenvalue weighted by Gasteiger charge is -2.24. The van der Waals surface area contributed by atoms with Crippen molar-refractivity contribution in [3.63, 3.8) is 0 Å². The molecule has 4 heteroatoms. The zero-order valence-corrected chi connectivity index (χ0v) is 10.7. The molecular formula is C14H20N2O2. The number of likely N-dealkylation sites (N-methyl/N-ethyl adjacent to an activating group) is 1. The van der Waals surface area contributed by atoms with Crippen LogP contribution in [0.2, 0.25) is 0 Å². The maximum atomic E-state index is 11.8. The maximum Gasteiger partial charge on any atom is 0.227 e. The highest BCUT2D eigenvalue weighted by Crippen LogP contribution is 2.27. The highest BCUT2D eigenvalue weighted by atomic mass is 16.3. The van der Waals surface area contributed by atoms with Gasteiger partial charge in [-0.15, -0.1) is 0 Å². The number of carbonyl (C=O) groups excluding carboxylic acids is 1. The second-order valence-corrected chi connectivity index (χ2v) is 4.81. The summed E-state index contributed by atoms with van der Waals surface area (Å²) in [5.74, 6) is 0.347. The van der Waals surface area contributed by atoms with Gasteiger partial charge in [0.2, 0.25) is 5.91 Å². The number of rotatable bonds is 5. The van der Waals surface area contributed by atoms with Gasteiger partial charge in [0.15, 0.2) is 0 Å². The molecule has 1 aliphatic carbocycles. The molecule has 0 saturated heterocycles. The van der Waals surface area contributed by atoms with Gasteiger partial charge in [0, 0.05) is 30.9 Å². The molecule has 0 spiro atoms. The summed E-state index contributed by atoms with van der Waals surface area (Å²) in [7, 11) is 1.93. The van der Waals surface area contributed by atoms with Crippen molar-refractivity contribution in [2.45, 2.75) is 19.3 Å². The summed E-state index contributed by atoms with van der Waals surface area (Å²) in [6.07, 6.45) is 3.20. The Morgan fingerprint density at radius 1 is 1.39 bits per heavy atom. The molecule has 0 aliphatic heterocycles. The molecule has 0 aromatic heterocycles. The molecule has 1 saturated carbocycles. The van der Waals surface area contributed by atoms with E-state index in [0.717, 1.165) is 24.2 Å². The first-order valence-electron chi connectivity index (χ1n) is 6.43. The number of benzene rings is 1. The summed E-state index contributed by atoms with van der Waals surface area (Å²) in [4.78, 5) is 13.7. The average Bonchev–Trinajstić information content (AvgIpc) is 2.27. The second-order valence-electron chi connectivity index (χ2n) is 4.81. The Kier molecular flexibility index (Phi) is 4.20. The Morgan fingerprint density at radius 3 is 2.56 bits per heavy atom. The van der Waals surface area contributed by atoms with E-state index >= 15 is 0 Å². The summed E-state index contributed by atoms with van der Waals surface area (Å²) in [6, 6.07) is 7.71. The number of anilines is 2. The van der Waals surface area contributed by atoms with Gasteiger partial charge in [-0.3, -0.25) is 4.79 Å². The SMILES string of the molecule is CN(CCO)c1ccc(NC(=O)C2CCC2)cc1. The maximum absolute atomic E-state index is 11.8. The van der Waals surface area contributed by atoms with E-state index in [2.05, 4.69) is 5.32 Å². The fourth-order valence-electron chi connectivity index (χ4n) is 1.99. The summed E-state index contributed by atoms with van der Waals surface area (Å²) in [6.45, 7) is 0.741. The van der Waals surface area contributed by atoms with Gasteiger partial charge in [0.05, 0.1) is 6.61 Å². The molecule has 0 bridgehead atoms. The van der Waals surface area contributed by atoms with E-state index in [4.69, 9.17) is 5.11 Å². The number of nitrogens with zero attached hydrogens (tertiary/aromatic N) is 1. The van der Waals surface area contributed by atoms with Crippen molar-refractivity contribution in [2.75, 3.05) is 30.4 Å². The molecule has 1 amide bonds. The van der Waals surface area contributed by atoms with Crippen molar-refractivity contribution in [3.05, 3.63) is 24.3 Å². The first-order chi connectivity index (χ1) is 8.70. The van der Waals surface area contributed by atoms with Gasteiger partial charge in [-0.05, 0) is 37.1 Å². The lowest BCUT2D eigenvalue weighted by molar-refractivity contribution is -0.122. The Hall–Kier alpha value is -1.55. The second kappa shape index (κ2) is 5.87. The molecule has 2 rings (SSSR count). The van der Waals surface area contributed by atoms with E-state index in [1.165, 1.54) is 6.42 Å². The molecule has 2 N–H and O–H groups in total. The van der Waals surface area contributed by atoms with Crippen molar-refractivity contribution in [3.8, 4) is 0 Å². The van der Waals surface area contributed by atoms with E-state index < -0.39 is 0 Å². The molecule has 1 aromatic carbocycles. The number of hydrogen-bond acceptors (Lipinski definition) is 3. The molecule has 0 atom stereocenters. The minimum Gasteiger partial charge on any atom is -0.395 e. The van der Waals surface area contributed by atoms with Crippen LogP contribution in [0.25, 0.3) is 0 Å². The Balaban J connectivity index is 1.92. The third-order valence-corrected chi connectivity index (χ3v) is 3.49. The average molecular weight is 248 g/mol. The van der Waals surface area contributed by atoms with Crippen LogP contribution in [0.1, 0.15) is 19.3 Å². The molecule has 0 heterocycles. The third kappa shape index (κ3) is 3.01. The predicted molar refractivity (Wildman–Crippen MR) is 72.8 cm³/mol. The summed E-state index contributed by atoms with van der Waals surface area (Å²) in [5.41, 5.74) is 1.87. The smallest absolute Gasteiger partial charge is 0.227 e. The largest absolute Gasteiger partial charge is 0.395 e. The van der Waals surface area contributed by atoms with Gasteiger partial charge >= 0.3 is 0 Å². The third-order valence-electron chi connectivity index (χ3n) is 3.49. The van der Waals surface area contributed by atoms with Gasteiger partial charge in [-0.1, -0.05) is 6.42 Å². The van der Waals surface area contributed by atoms with E-state index in [1.807, 2.05) is 36.2 Å². The van der Waals surface area contributed by atoms with Crippen LogP contribution in [0.3, 0.4) is 0 Å². The number of amides is 1. The quantitative estimate of drug-likeness (QED) is 0.836. The lowest BCUT2D eigenvalue weighted by atomic mass is 9.85. The Morgan fingerprint density at radius 2 is 2.06 bits per heavy atom. The van der Waals surface area contributed by atoms with Crippen molar-refractivity contribution in [1.29, 1.82) is 0 Å². The van der Waals surface area contributed by atoms with Crippen molar-refractivity contribution in [2.24, 2.45) is 5.92 Å². The Bertz CT molecular complexity index is 399. The van der Waals surface area contributed by atoms with Crippen molar-refractivity contribution >= 4 is 17.3 Å². The standard InChI is InChI=1S/C14H20N2O2/c1-16(9-10-17)13-7-5-12(6-8-13)15-14(18)11-3-2-4-11/h5-8,11,17H,2-4,9-10H2,1H3,(H,15,18). The molecular weight excluding hydrogens is 228 g/mol. The topological polar surface area (TPSA) is 52.6 Å². The number of carbonyl (C=O) groups is 1. The van der Waals surface area contributed by atoms with Crippen molar-refractivity contribution < 1.29 is 9.90 Å². The van der Waals surface area contributed by atoms with Crippen LogP contribution in [0.5, 0.6) is 0 Å². The minimum atomic E-state index is 0.136. The van der Waals surface area contributed by atoms with Crippen LogP contribution in [0, 0.1) is 5.92 Å². The van der Waals surface area contributed by atoms with Gasteiger partial charge in [-0.25, -0.2) is 0 Å². The number of nitrogens with one attached hydrogen (secondary N) is 1. The molecule has 0 radical (unpaired) electrons. The molecule has 98 valence electrons. The normalized spacial score (nSPS) is 15.0. The molecule has 1 fully saturated rings. The number of aliphatic hydroxyl groups is 1. The predicted octanol–water partition coefficient (Wildman–Crippen LogP) is 1.85. The summed E-state index contributed by atoms with van der Waals surface area (Å²) < 4.78 is 0. The van der Waals surface area contributed by atoms with Crippen molar-refractivity contribution in [1.82, 2.24) is 0 Å². The minimum absolute atomic E-state index is 0.136. The zero-order valence-electron chi connectivity index (χ0n) is 10.7. The fraction of sp³-hybridized carbons (Fsp3) is 0.500. The number of hydrogen-bond donors (Lipinski definition) is 2. The first kappa shape index (κ1) is 12.9. The molecule has 1 aromatic rings. The molecule has 1 aliphatic rings. The van der Waals surface area contributed by atoms with E-state index in [9.17, 15) is 4.79 Å². The van der Waals surface area contributed by atoms with Gasteiger partial charge in [-0.2, -0.15) is 0 Å². The van der Waals surface area contributed by atoms with Crippen LogP contribution in [0.4, 0.5) is 11.4 Å². The van der Waals surface area contributed by atoms with Crippen LogP contribution < -0.4 is 10.2 Å². The van der Waals surface area contributed by atoms with E-state index in [1.54, 1.807) is 0 Å². The van der Waals surface area contributed by atoms with Crippen LogP contribution >= 0.6 is 0 Å². The van der Waals surface area contributed by atoms with Crippen LogP contribution in [0.15, 0.2) is 24.3 Å². The molecule has 4 nitrogen and oxygen atoms in total. The van der Waals surface area contributed by atoms with E-state index in [-0.39, 0.29) is 18.4 Å². The summed E-state index contributed by atoms with van der Waals surface area (Å²) >= 11 is 0. The van der Waals surface area contributed by atoms with E-state index in [0.29, 0.717) is 6.54 Å². The first-order valence-corrected chi connectivity index (χ1v) is 6.43. The summed E-state index contributed by atoms with van der Waals surface area (Å²) in [5, 5.41) is 11.8.